The Kier molecular flexibility index (Phi) is 5.57. The third-order valence-corrected chi connectivity index (χ3v) is 5.31. The minimum absolute atomic E-state index is 0.0354. The molecular formula is C23H23N5O. The number of carbonyl (C=O) groups excluding carboxylic acids is 1. The van der Waals surface area contributed by atoms with Gasteiger partial charge in [-0.05, 0) is 24.3 Å². The van der Waals surface area contributed by atoms with E-state index in [0.29, 0.717) is 26.1 Å². The van der Waals surface area contributed by atoms with Gasteiger partial charge in [-0.3, -0.25) is 9.78 Å². The number of nitrogens with zero attached hydrogens (tertiary/aromatic N) is 5. The smallest absolute Gasteiger partial charge is 0.246 e. The molecule has 1 aliphatic rings. The summed E-state index contributed by atoms with van der Waals surface area (Å²) in [7, 11) is 0. The summed E-state index contributed by atoms with van der Waals surface area (Å²) < 4.78 is 2.08. The Morgan fingerprint density at radius 1 is 1.10 bits per heavy atom. The van der Waals surface area contributed by atoms with E-state index in [1.807, 2.05) is 47.5 Å². The number of fused-ring (bicyclic) bond motifs is 1. The van der Waals surface area contributed by atoms with Crippen LogP contribution in [0.2, 0.25) is 0 Å². The number of carbonyl (C=O) groups is 1. The van der Waals surface area contributed by atoms with Gasteiger partial charge in [0, 0.05) is 79.5 Å². The van der Waals surface area contributed by atoms with Crippen LogP contribution in [0, 0.1) is 11.3 Å². The minimum Gasteiger partial charge on any atom is -0.368 e. The summed E-state index contributed by atoms with van der Waals surface area (Å²) in [5.74, 6) is 0.0354. The van der Waals surface area contributed by atoms with Gasteiger partial charge >= 0.3 is 0 Å². The summed E-state index contributed by atoms with van der Waals surface area (Å²) in [5, 5.41) is 9.98. The van der Waals surface area contributed by atoms with Crippen LogP contribution in [0.15, 0.2) is 61.1 Å². The Bertz CT molecular complexity index is 1060. The molecular weight excluding hydrogens is 362 g/mol. The van der Waals surface area contributed by atoms with Crippen LogP contribution in [-0.4, -0.2) is 46.5 Å². The predicted octanol–water partition coefficient (Wildman–Crippen LogP) is 3.31. The molecule has 0 bridgehead atoms. The zero-order chi connectivity index (χ0) is 20.1. The van der Waals surface area contributed by atoms with E-state index in [9.17, 15) is 4.79 Å². The number of piperazine rings is 1. The lowest BCUT2D eigenvalue weighted by Crippen LogP contribution is -2.48. The van der Waals surface area contributed by atoms with E-state index in [0.717, 1.165) is 35.2 Å². The second kappa shape index (κ2) is 8.61. The first kappa shape index (κ1) is 18.8. The second-order valence-electron chi connectivity index (χ2n) is 7.05. The molecule has 1 aromatic carbocycles. The quantitative estimate of drug-likeness (QED) is 0.632. The molecule has 146 valence electrons. The van der Waals surface area contributed by atoms with Crippen molar-refractivity contribution in [2.24, 2.45) is 0 Å². The first-order valence-electron chi connectivity index (χ1n) is 9.83. The van der Waals surface area contributed by atoms with Crippen molar-refractivity contribution in [2.45, 2.75) is 13.0 Å². The molecule has 0 aliphatic carbocycles. The van der Waals surface area contributed by atoms with Crippen LogP contribution in [0.5, 0.6) is 0 Å². The number of amides is 1. The average molecular weight is 385 g/mol. The van der Waals surface area contributed by atoms with Crippen molar-refractivity contribution >= 4 is 28.6 Å². The molecule has 3 aromatic rings. The first-order valence-corrected chi connectivity index (χ1v) is 9.83. The highest BCUT2D eigenvalue weighted by Gasteiger charge is 2.19. The Morgan fingerprint density at radius 2 is 1.86 bits per heavy atom. The highest BCUT2D eigenvalue weighted by molar-refractivity contribution is 5.96. The Labute approximate surface area is 170 Å². The Hall–Kier alpha value is -3.59. The topological polar surface area (TPSA) is 65.2 Å². The molecule has 1 aliphatic heterocycles. The number of nitriles is 1. The monoisotopic (exact) mass is 385 g/mol. The number of anilines is 1. The van der Waals surface area contributed by atoms with Gasteiger partial charge in [0.2, 0.25) is 5.91 Å². The number of para-hydroxylation sites is 1. The van der Waals surface area contributed by atoms with Crippen molar-refractivity contribution in [1.82, 2.24) is 14.5 Å². The summed E-state index contributed by atoms with van der Waals surface area (Å²) in [6.07, 6.45) is 9.63. The standard InChI is InChI=1S/C23H23N5O/c24-10-3-13-28-18-19(21-4-1-2-5-22(21)28)6-7-23(29)27-16-14-26(15-17-27)20-8-11-25-12-9-20/h1-2,4-9,11-12,18H,3,13-17H2/b7-6+. The van der Waals surface area contributed by atoms with Crippen molar-refractivity contribution in [1.29, 1.82) is 5.26 Å². The lowest BCUT2D eigenvalue weighted by molar-refractivity contribution is -0.126. The molecule has 3 heterocycles. The fourth-order valence-corrected chi connectivity index (χ4v) is 3.77. The van der Waals surface area contributed by atoms with Gasteiger partial charge in [-0.25, -0.2) is 0 Å². The predicted molar refractivity (Wildman–Crippen MR) is 114 cm³/mol. The molecule has 1 amide bonds. The normalized spacial score (nSPS) is 14.4. The third-order valence-electron chi connectivity index (χ3n) is 5.31. The lowest BCUT2D eigenvalue weighted by Gasteiger charge is -2.35. The van der Waals surface area contributed by atoms with E-state index in [4.69, 9.17) is 5.26 Å². The maximum Gasteiger partial charge on any atom is 0.246 e. The molecule has 6 nitrogen and oxygen atoms in total. The molecule has 29 heavy (non-hydrogen) atoms. The maximum atomic E-state index is 12.7. The molecule has 2 aromatic heterocycles. The number of rotatable bonds is 5. The lowest BCUT2D eigenvalue weighted by atomic mass is 10.1. The number of hydrogen-bond donors (Lipinski definition) is 0. The molecule has 1 saturated heterocycles. The summed E-state index contributed by atoms with van der Waals surface area (Å²) in [6, 6.07) is 14.3. The van der Waals surface area contributed by atoms with E-state index in [2.05, 4.69) is 26.6 Å². The van der Waals surface area contributed by atoms with Crippen molar-refractivity contribution in [3.8, 4) is 6.07 Å². The Balaban J connectivity index is 1.43. The zero-order valence-electron chi connectivity index (χ0n) is 16.2. The first-order chi connectivity index (χ1) is 14.3. The van der Waals surface area contributed by atoms with E-state index in [1.165, 1.54) is 0 Å². The molecule has 0 N–H and O–H groups in total. The number of pyridine rings is 1. The van der Waals surface area contributed by atoms with E-state index >= 15 is 0 Å². The van der Waals surface area contributed by atoms with Crippen LogP contribution in [0.4, 0.5) is 5.69 Å². The zero-order valence-corrected chi connectivity index (χ0v) is 16.2. The molecule has 0 atom stereocenters. The highest BCUT2D eigenvalue weighted by Crippen LogP contribution is 2.23. The molecule has 4 rings (SSSR count). The van der Waals surface area contributed by atoms with Gasteiger partial charge in [-0.15, -0.1) is 0 Å². The number of benzene rings is 1. The van der Waals surface area contributed by atoms with Crippen molar-refractivity contribution in [3.05, 3.63) is 66.6 Å². The van der Waals surface area contributed by atoms with Gasteiger partial charge in [0.1, 0.15) is 0 Å². The van der Waals surface area contributed by atoms with Gasteiger partial charge < -0.3 is 14.4 Å². The second-order valence-corrected chi connectivity index (χ2v) is 7.05. The molecule has 0 spiro atoms. The van der Waals surface area contributed by atoms with Crippen molar-refractivity contribution in [3.63, 3.8) is 0 Å². The summed E-state index contributed by atoms with van der Waals surface area (Å²) in [5.41, 5.74) is 3.23. The SMILES string of the molecule is N#CCCn1cc(/C=C/C(=O)N2CCN(c3ccncc3)CC2)c2ccccc21. The summed E-state index contributed by atoms with van der Waals surface area (Å²) in [6.45, 7) is 3.69. The maximum absolute atomic E-state index is 12.7. The van der Waals surface area contributed by atoms with Crippen LogP contribution in [0.3, 0.4) is 0 Å². The number of aromatic nitrogens is 2. The third kappa shape index (κ3) is 4.14. The summed E-state index contributed by atoms with van der Waals surface area (Å²) in [4.78, 5) is 20.9. The van der Waals surface area contributed by atoms with Crippen molar-refractivity contribution < 1.29 is 4.79 Å². The van der Waals surface area contributed by atoms with Crippen LogP contribution in [0.1, 0.15) is 12.0 Å². The van der Waals surface area contributed by atoms with Crippen LogP contribution >= 0.6 is 0 Å². The van der Waals surface area contributed by atoms with Crippen LogP contribution in [-0.2, 0) is 11.3 Å². The van der Waals surface area contributed by atoms with Crippen molar-refractivity contribution in [2.75, 3.05) is 31.1 Å². The van der Waals surface area contributed by atoms with Crippen LogP contribution in [0.25, 0.3) is 17.0 Å². The largest absolute Gasteiger partial charge is 0.368 e. The Morgan fingerprint density at radius 3 is 2.62 bits per heavy atom. The fourth-order valence-electron chi connectivity index (χ4n) is 3.77. The van der Waals surface area contributed by atoms with Gasteiger partial charge in [-0.2, -0.15) is 5.26 Å². The van der Waals surface area contributed by atoms with E-state index in [-0.39, 0.29) is 5.91 Å². The van der Waals surface area contributed by atoms with E-state index in [1.54, 1.807) is 18.5 Å². The average Bonchev–Trinajstić information content (AvgIpc) is 3.14. The van der Waals surface area contributed by atoms with Crippen LogP contribution < -0.4 is 4.90 Å². The number of aryl methyl sites for hydroxylation is 1. The molecule has 0 saturated carbocycles. The number of hydrogen-bond acceptors (Lipinski definition) is 4. The molecule has 6 heteroatoms. The van der Waals surface area contributed by atoms with Gasteiger partial charge in [0.25, 0.3) is 0 Å². The molecule has 0 radical (unpaired) electrons. The minimum atomic E-state index is 0.0354. The van der Waals surface area contributed by atoms with E-state index < -0.39 is 0 Å². The molecule has 1 fully saturated rings. The summed E-state index contributed by atoms with van der Waals surface area (Å²) >= 11 is 0. The van der Waals surface area contributed by atoms with Gasteiger partial charge in [0.05, 0.1) is 12.5 Å². The fraction of sp³-hybridized carbons (Fsp3) is 0.261. The molecule has 0 unspecified atom stereocenters. The highest BCUT2D eigenvalue weighted by atomic mass is 16.2. The van der Waals surface area contributed by atoms with Gasteiger partial charge in [0.15, 0.2) is 0 Å². The van der Waals surface area contributed by atoms with Gasteiger partial charge in [-0.1, -0.05) is 18.2 Å².